The van der Waals surface area contributed by atoms with Crippen LogP contribution >= 0.6 is 15.9 Å². The number of benzene rings is 1. The van der Waals surface area contributed by atoms with Crippen molar-refractivity contribution < 1.29 is 14.7 Å². The van der Waals surface area contributed by atoms with Crippen molar-refractivity contribution in [2.24, 2.45) is 5.92 Å². The summed E-state index contributed by atoms with van der Waals surface area (Å²) in [6.07, 6.45) is 8.54. The molecule has 2 N–H and O–H groups in total. The zero-order chi connectivity index (χ0) is 23.2. The van der Waals surface area contributed by atoms with E-state index in [1.807, 2.05) is 53.4 Å². The number of aliphatic carboxylic acids is 1. The van der Waals surface area contributed by atoms with E-state index in [-0.39, 0.29) is 18.2 Å². The number of carboxylic acids is 1. The second-order valence-corrected chi connectivity index (χ2v) is 9.16. The fourth-order valence-electron chi connectivity index (χ4n) is 4.06. The van der Waals surface area contributed by atoms with E-state index in [1.165, 1.54) is 0 Å². The predicted octanol–water partition coefficient (Wildman–Crippen LogP) is 3.12. The van der Waals surface area contributed by atoms with E-state index >= 15 is 0 Å². The third-order valence-corrected chi connectivity index (χ3v) is 6.28. The Morgan fingerprint density at radius 2 is 1.94 bits per heavy atom. The Kier molecular flexibility index (Phi) is 7.39. The first-order valence-electron chi connectivity index (χ1n) is 10.9. The maximum absolute atomic E-state index is 12.8. The minimum absolute atomic E-state index is 0.144. The van der Waals surface area contributed by atoms with Crippen LogP contribution in [0.4, 0.5) is 5.69 Å². The molecule has 1 aromatic carbocycles. The fourth-order valence-corrected chi connectivity index (χ4v) is 4.42. The van der Waals surface area contributed by atoms with E-state index in [0.29, 0.717) is 25.1 Å². The van der Waals surface area contributed by atoms with E-state index < -0.39 is 12.0 Å². The number of nitrogens with zero attached hydrogens (tertiary/aromatic N) is 4. The zero-order valence-electron chi connectivity index (χ0n) is 18.1. The number of imidazole rings is 1. The first-order valence-corrected chi connectivity index (χ1v) is 11.7. The van der Waals surface area contributed by atoms with Crippen LogP contribution in [0.15, 0.2) is 65.8 Å². The Balaban J connectivity index is 1.31. The minimum Gasteiger partial charge on any atom is -0.480 e. The van der Waals surface area contributed by atoms with Gasteiger partial charge in [-0.2, -0.15) is 0 Å². The lowest BCUT2D eigenvalue weighted by molar-refractivity contribution is -0.142. The van der Waals surface area contributed by atoms with Crippen molar-refractivity contribution in [3.05, 3.63) is 77.0 Å². The highest BCUT2D eigenvalue weighted by atomic mass is 79.9. The molecule has 0 aliphatic carbocycles. The van der Waals surface area contributed by atoms with Crippen LogP contribution < -0.4 is 10.2 Å². The molecule has 0 saturated carbocycles. The summed E-state index contributed by atoms with van der Waals surface area (Å²) >= 11 is 3.43. The van der Waals surface area contributed by atoms with Gasteiger partial charge in [0.25, 0.3) is 0 Å². The van der Waals surface area contributed by atoms with Crippen molar-refractivity contribution in [1.82, 2.24) is 19.9 Å². The molecule has 2 aromatic heterocycles. The molecule has 8 nitrogen and oxygen atoms in total. The number of aromatic nitrogens is 3. The molecule has 1 atom stereocenters. The Hall–Kier alpha value is -3.20. The van der Waals surface area contributed by atoms with Crippen molar-refractivity contribution in [3.8, 4) is 0 Å². The number of halogens is 1. The molecule has 3 aromatic rings. The van der Waals surface area contributed by atoms with Gasteiger partial charge in [-0.1, -0.05) is 30.3 Å². The lowest BCUT2D eigenvalue weighted by Gasteiger charge is -2.33. The topological polar surface area (TPSA) is 100 Å². The number of anilines is 1. The number of hydrogen-bond donors (Lipinski definition) is 2. The van der Waals surface area contributed by atoms with Crippen molar-refractivity contribution in [2.75, 3.05) is 18.0 Å². The van der Waals surface area contributed by atoms with Crippen molar-refractivity contribution in [1.29, 1.82) is 0 Å². The van der Waals surface area contributed by atoms with Crippen molar-refractivity contribution in [3.63, 3.8) is 0 Å². The first-order chi connectivity index (χ1) is 16.0. The lowest BCUT2D eigenvalue weighted by Crippen LogP contribution is -2.47. The van der Waals surface area contributed by atoms with Crippen LogP contribution in [0.1, 0.15) is 24.1 Å². The van der Waals surface area contributed by atoms with Gasteiger partial charge in [0, 0.05) is 48.8 Å². The first kappa shape index (κ1) is 23.0. The minimum atomic E-state index is -1.06. The van der Waals surface area contributed by atoms with Gasteiger partial charge in [0.1, 0.15) is 6.04 Å². The highest BCUT2D eigenvalue weighted by molar-refractivity contribution is 9.10. The van der Waals surface area contributed by atoms with Crippen molar-refractivity contribution >= 4 is 33.5 Å². The number of piperidine rings is 1. The van der Waals surface area contributed by atoms with Gasteiger partial charge in [-0.15, -0.1) is 0 Å². The van der Waals surface area contributed by atoms with Gasteiger partial charge in [-0.25, -0.2) is 9.78 Å². The Morgan fingerprint density at radius 3 is 2.64 bits per heavy atom. The van der Waals surface area contributed by atoms with Gasteiger partial charge < -0.3 is 19.9 Å². The molecule has 1 fully saturated rings. The number of nitrogens with one attached hydrogen (secondary N) is 1. The maximum Gasteiger partial charge on any atom is 0.326 e. The standard InChI is InChI=1S/C24H26BrN5O3/c25-19-10-21(13-26-12-19)30-8-6-18(7-9-30)23(31)28-22(24(32)33)11-20-15-29(16-27-20)14-17-4-2-1-3-5-17/h1-5,10,12-13,15-16,18,22H,6-9,11,14H2,(H,28,31)(H,32,33). The van der Waals surface area contributed by atoms with Crippen molar-refractivity contribution in [2.45, 2.75) is 31.8 Å². The average Bonchev–Trinajstić information content (AvgIpc) is 3.26. The number of carbonyl (C=O) groups is 2. The third kappa shape index (κ3) is 6.19. The Morgan fingerprint density at radius 1 is 1.18 bits per heavy atom. The summed E-state index contributed by atoms with van der Waals surface area (Å²) in [5.41, 5.74) is 2.78. The van der Waals surface area contributed by atoms with Gasteiger partial charge >= 0.3 is 5.97 Å². The summed E-state index contributed by atoms with van der Waals surface area (Å²) in [5.74, 6) is -1.48. The highest BCUT2D eigenvalue weighted by Crippen LogP contribution is 2.25. The summed E-state index contributed by atoms with van der Waals surface area (Å²) in [6, 6.07) is 11.0. The molecule has 0 radical (unpaired) electrons. The molecule has 0 bridgehead atoms. The fraction of sp³-hybridized carbons (Fsp3) is 0.333. The monoisotopic (exact) mass is 511 g/mol. The van der Waals surface area contributed by atoms with Crippen LogP contribution in [0, 0.1) is 5.92 Å². The SMILES string of the molecule is O=C(NC(Cc1cn(Cc2ccccc2)cn1)C(=O)O)C1CCN(c2cncc(Br)c2)CC1. The van der Waals surface area contributed by atoms with E-state index in [1.54, 1.807) is 12.5 Å². The quantitative estimate of drug-likeness (QED) is 0.481. The number of rotatable bonds is 8. The summed E-state index contributed by atoms with van der Waals surface area (Å²) in [6.45, 7) is 2.10. The molecule has 0 spiro atoms. The second kappa shape index (κ2) is 10.6. The normalized spacial score (nSPS) is 15.2. The molecule has 1 amide bonds. The molecule has 1 aliphatic heterocycles. The van der Waals surface area contributed by atoms with E-state index in [0.717, 1.165) is 28.8 Å². The molecule has 4 rings (SSSR count). The molecule has 1 unspecified atom stereocenters. The molecule has 3 heterocycles. The van der Waals surface area contributed by atoms with Crippen LogP contribution in [-0.2, 0) is 22.6 Å². The molecule has 9 heteroatoms. The van der Waals surface area contributed by atoms with Gasteiger partial charge in [-0.05, 0) is 40.4 Å². The Bertz CT molecular complexity index is 1100. The van der Waals surface area contributed by atoms with E-state index in [2.05, 4.69) is 36.1 Å². The number of pyridine rings is 1. The molecule has 172 valence electrons. The van der Waals surface area contributed by atoms with Gasteiger partial charge in [0.05, 0.1) is 23.9 Å². The second-order valence-electron chi connectivity index (χ2n) is 8.25. The average molecular weight is 512 g/mol. The highest BCUT2D eigenvalue weighted by Gasteiger charge is 2.29. The summed E-state index contributed by atoms with van der Waals surface area (Å²) in [4.78, 5) is 35.4. The van der Waals surface area contributed by atoms with Gasteiger partial charge in [0.2, 0.25) is 5.91 Å². The van der Waals surface area contributed by atoms with Crippen LogP contribution in [-0.4, -0.2) is 50.6 Å². The number of amides is 1. The maximum atomic E-state index is 12.8. The van der Waals surface area contributed by atoms with Crippen LogP contribution in [0.2, 0.25) is 0 Å². The summed E-state index contributed by atoms with van der Waals surface area (Å²) in [5, 5.41) is 12.4. The molecule has 33 heavy (non-hydrogen) atoms. The van der Waals surface area contributed by atoms with E-state index in [9.17, 15) is 14.7 Å². The summed E-state index contributed by atoms with van der Waals surface area (Å²) < 4.78 is 2.83. The number of carbonyl (C=O) groups excluding carboxylic acids is 1. The lowest BCUT2D eigenvalue weighted by atomic mass is 9.95. The van der Waals surface area contributed by atoms with E-state index in [4.69, 9.17) is 0 Å². The molecule has 1 saturated heterocycles. The molecule has 1 aliphatic rings. The van der Waals surface area contributed by atoms with Gasteiger partial charge in [-0.3, -0.25) is 9.78 Å². The molecular weight excluding hydrogens is 486 g/mol. The smallest absolute Gasteiger partial charge is 0.326 e. The largest absolute Gasteiger partial charge is 0.480 e. The zero-order valence-corrected chi connectivity index (χ0v) is 19.7. The molecular formula is C24H26BrN5O3. The third-order valence-electron chi connectivity index (χ3n) is 5.84. The number of carboxylic acid groups (broad SMARTS) is 1. The van der Waals surface area contributed by atoms with Gasteiger partial charge in [0.15, 0.2) is 0 Å². The van der Waals surface area contributed by atoms with Crippen LogP contribution in [0.5, 0.6) is 0 Å². The Labute approximate surface area is 200 Å². The predicted molar refractivity (Wildman–Crippen MR) is 128 cm³/mol. The van der Waals surface area contributed by atoms with Crippen LogP contribution in [0.25, 0.3) is 0 Å². The summed E-state index contributed by atoms with van der Waals surface area (Å²) in [7, 11) is 0. The van der Waals surface area contributed by atoms with Crippen LogP contribution in [0.3, 0.4) is 0 Å². The number of hydrogen-bond acceptors (Lipinski definition) is 5.